The van der Waals surface area contributed by atoms with E-state index in [2.05, 4.69) is 47.2 Å². The van der Waals surface area contributed by atoms with Crippen molar-refractivity contribution in [1.29, 1.82) is 0 Å². The highest BCUT2D eigenvalue weighted by molar-refractivity contribution is 9.10. The van der Waals surface area contributed by atoms with Crippen molar-refractivity contribution in [2.75, 3.05) is 18.5 Å². The van der Waals surface area contributed by atoms with Crippen LogP contribution in [-0.4, -0.2) is 19.1 Å². The molecular formula is C14H18BrNO2. The second-order valence-electron chi connectivity index (χ2n) is 3.97. The van der Waals surface area contributed by atoms with Crippen molar-refractivity contribution < 1.29 is 9.53 Å². The van der Waals surface area contributed by atoms with Gasteiger partial charge in [-0.1, -0.05) is 12.1 Å². The molecule has 0 bridgehead atoms. The third-order valence-corrected chi connectivity index (χ3v) is 2.99. The Kier molecular flexibility index (Phi) is 5.92. The van der Waals surface area contributed by atoms with Crippen LogP contribution in [0.5, 0.6) is 0 Å². The van der Waals surface area contributed by atoms with Crippen molar-refractivity contribution in [1.82, 2.24) is 0 Å². The summed E-state index contributed by atoms with van der Waals surface area (Å²) in [6, 6.07) is 4.17. The van der Waals surface area contributed by atoms with Gasteiger partial charge in [-0.05, 0) is 53.9 Å². The summed E-state index contributed by atoms with van der Waals surface area (Å²) < 4.78 is 5.83. The van der Waals surface area contributed by atoms with Crippen molar-refractivity contribution in [3.05, 3.63) is 39.9 Å². The van der Waals surface area contributed by atoms with Crippen molar-refractivity contribution in [2.24, 2.45) is 0 Å². The molecule has 1 aromatic rings. The Labute approximate surface area is 116 Å². The van der Waals surface area contributed by atoms with E-state index in [1.807, 2.05) is 0 Å². The number of anilines is 1. The van der Waals surface area contributed by atoms with Gasteiger partial charge in [0, 0.05) is 17.1 Å². The lowest BCUT2D eigenvalue weighted by Gasteiger charge is -2.11. The third-order valence-electron chi connectivity index (χ3n) is 2.37. The van der Waals surface area contributed by atoms with Crippen LogP contribution in [0, 0.1) is 13.8 Å². The molecule has 1 aromatic carbocycles. The summed E-state index contributed by atoms with van der Waals surface area (Å²) in [6.45, 7) is 6.88. The van der Waals surface area contributed by atoms with Gasteiger partial charge in [0.15, 0.2) is 0 Å². The van der Waals surface area contributed by atoms with Gasteiger partial charge in [0.05, 0.1) is 12.3 Å². The summed E-state index contributed by atoms with van der Waals surface area (Å²) in [4.78, 5) is 11.1. The Balaban J connectivity index is 2.57. The molecule has 0 heterocycles. The second kappa shape index (κ2) is 7.21. The molecule has 98 valence electrons. The number of ether oxygens (including phenoxy) is 1. The summed E-state index contributed by atoms with van der Waals surface area (Å²) in [5.74, 6) is -0.306. The first-order valence-electron chi connectivity index (χ1n) is 5.88. The van der Waals surface area contributed by atoms with E-state index in [-0.39, 0.29) is 5.97 Å². The number of halogens is 1. The number of aryl methyl sites for hydroxylation is 2. The molecule has 18 heavy (non-hydrogen) atoms. The Morgan fingerprint density at radius 1 is 1.44 bits per heavy atom. The minimum absolute atomic E-state index is 0.306. The maximum absolute atomic E-state index is 11.1. The zero-order valence-corrected chi connectivity index (χ0v) is 12.5. The number of nitrogens with one attached hydrogen (secondary N) is 1. The minimum atomic E-state index is -0.306. The number of hydrogen-bond donors (Lipinski definition) is 1. The van der Waals surface area contributed by atoms with E-state index in [9.17, 15) is 4.79 Å². The van der Waals surface area contributed by atoms with Gasteiger partial charge >= 0.3 is 5.97 Å². The number of esters is 1. The smallest absolute Gasteiger partial charge is 0.330 e. The molecule has 0 aliphatic rings. The molecular weight excluding hydrogens is 294 g/mol. The highest BCUT2D eigenvalue weighted by Gasteiger charge is 2.03. The normalized spacial score (nSPS) is 10.7. The van der Waals surface area contributed by atoms with Gasteiger partial charge in [0.2, 0.25) is 0 Å². The Hall–Kier alpha value is -1.29. The number of benzene rings is 1. The van der Waals surface area contributed by atoms with Crippen LogP contribution in [0.15, 0.2) is 28.8 Å². The lowest BCUT2D eigenvalue weighted by atomic mass is 10.1. The van der Waals surface area contributed by atoms with Gasteiger partial charge in [-0.2, -0.15) is 0 Å². The molecule has 0 atom stereocenters. The maximum atomic E-state index is 11.1. The number of rotatable bonds is 5. The van der Waals surface area contributed by atoms with Crippen LogP contribution >= 0.6 is 15.9 Å². The molecule has 0 saturated heterocycles. The van der Waals surface area contributed by atoms with Gasteiger partial charge in [0.25, 0.3) is 0 Å². The molecule has 0 aromatic heterocycles. The maximum Gasteiger partial charge on any atom is 0.330 e. The van der Waals surface area contributed by atoms with Crippen LogP contribution in [-0.2, 0) is 9.53 Å². The van der Waals surface area contributed by atoms with Crippen molar-refractivity contribution in [2.45, 2.75) is 20.8 Å². The Morgan fingerprint density at radius 3 is 2.78 bits per heavy atom. The van der Waals surface area contributed by atoms with Crippen molar-refractivity contribution in [3.8, 4) is 0 Å². The van der Waals surface area contributed by atoms with Crippen LogP contribution in [0.3, 0.4) is 0 Å². The monoisotopic (exact) mass is 311 g/mol. The average molecular weight is 312 g/mol. The van der Waals surface area contributed by atoms with Gasteiger partial charge < -0.3 is 10.1 Å². The van der Waals surface area contributed by atoms with Crippen LogP contribution in [0.25, 0.3) is 0 Å². The average Bonchev–Trinajstić information content (AvgIpc) is 2.27. The fourth-order valence-corrected chi connectivity index (χ4v) is 2.46. The summed E-state index contributed by atoms with van der Waals surface area (Å²) in [7, 11) is 0. The van der Waals surface area contributed by atoms with E-state index in [1.54, 1.807) is 13.0 Å². The fraction of sp³-hybridized carbons (Fsp3) is 0.357. The highest BCUT2D eigenvalue weighted by Crippen LogP contribution is 2.27. The van der Waals surface area contributed by atoms with Crippen LogP contribution in [0.1, 0.15) is 18.1 Å². The fourth-order valence-electron chi connectivity index (χ4n) is 1.65. The number of carbonyl (C=O) groups excluding carboxylic acids is 1. The summed E-state index contributed by atoms with van der Waals surface area (Å²) in [6.07, 6.45) is 3.19. The molecule has 0 radical (unpaired) electrons. The van der Waals surface area contributed by atoms with E-state index in [0.29, 0.717) is 13.2 Å². The van der Waals surface area contributed by atoms with E-state index in [4.69, 9.17) is 4.74 Å². The summed E-state index contributed by atoms with van der Waals surface area (Å²) in [5.41, 5.74) is 3.44. The zero-order chi connectivity index (χ0) is 13.5. The molecule has 0 aliphatic heterocycles. The van der Waals surface area contributed by atoms with Gasteiger partial charge in [-0.25, -0.2) is 4.79 Å². The van der Waals surface area contributed by atoms with Gasteiger partial charge in [0.1, 0.15) is 0 Å². The highest BCUT2D eigenvalue weighted by atomic mass is 79.9. The van der Waals surface area contributed by atoms with E-state index < -0.39 is 0 Å². The molecule has 0 aliphatic carbocycles. The largest absolute Gasteiger partial charge is 0.463 e. The van der Waals surface area contributed by atoms with Crippen LogP contribution in [0.2, 0.25) is 0 Å². The zero-order valence-electron chi connectivity index (χ0n) is 10.9. The molecule has 0 unspecified atom stereocenters. The summed E-state index contributed by atoms with van der Waals surface area (Å²) in [5, 5.41) is 3.26. The first kappa shape index (κ1) is 14.8. The van der Waals surface area contributed by atoms with Crippen molar-refractivity contribution >= 4 is 27.6 Å². The third kappa shape index (κ3) is 4.53. The molecule has 0 saturated carbocycles. The Morgan fingerprint density at radius 2 is 2.17 bits per heavy atom. The van der Waals surface area contributed by atoms with E-state index in [0.717, 1.165) is 10.2 Å². The first-order valence-corrected chi connectivity index (χ1v) is 6.67. The SMILES string of the molecule is CCOC(=O)/C=C/CNc1c(C)cc(C)cc1Br. The molecule has 0 amide bonds. The molecule has 4 heteroatoms. The molecule has 1 N–H and O–H groups in total. The Bertz CT molecular complexity index is 432. The predicted molar refractivity (Wildman–Crippen MR) is 77.9 cm³/mol. The molecule has 3 nitrogen and oxygen atoms in total. The summed E-state index contributed by atoms with van der Waals surface area (Å²) >= 11 is 3.53. The lowest BCUT2D eigenvalue weighted by Crippen LogP contribution is -2.04. The van der Waals surface area contributed by atoms with Gasteiger partial charge in [-0.15, -0.1) is 0 Å². The topological polar surface area (TPSA) is 38.3 Å². The number of hydrogen-bond acceptors (Lipinski definition) is 3. The number of carbonyl (C=O) groups is 1. The van der Waals surface area contributed by atoms with Crippen LogP contribution < -0.4 is 5.32 Å². The van der Waals surface area contributed by atoms with Crippen molar-refractivity contribution in [3.63, 3.8) is 0 Å². The predicted octanol–water partition coefficient (Wildman–Crippen LogP) is 3.60. The van der Waals surface area contributed by atoms with Gasteiger partial charge in [-0.3, -0.25) is 0 Å². The second-order valence-corrected chi connectivity index (χ2v) is 4.83. The van der Waals surface area contributed by atoms with E-state index >= 15 is 0 Å². The molecule has 1 rings (SSSR count). The van der Waals surface area contributed by atoms with Crippen LogP contribution in [0.4, 0.5) is 5.69 Å². The minimum Gasteiger partial charge on any atom is -0.463 e. The molecule has 0 spiro atoms. The quantitative estimate of drug-likeness (QED) is 0.667. The first-order chi connectivity index (χ1) is 8.54. The standard InChI is InChI=1S/C14H18BrNO2/c1-4-18-13(17)6-5-7-16-14-11(3)8-10(2)9-12(14)15/h5-6,8-9,16H,4,7H2,1-3H3/b6-5+. The van der Waals surface area contributed by atoms with E-state index in [1.165, 1.54) is 17.2 Å². The lowest BCUT2D eigenvalue weighted by molar-refractivity contribution is -0.137. The molecule has 0 fully saturated rings.